The van der Waals surface area contributed by atoms with E-state index in [0.29, 0.717) is 31.6 Å². The molecule has 4 rings (SSSR count). The zero-order valence-corrected chi connectivity index (χ0v) is 16.1. The number of methoxy groups -OCH3 is 1. The molecule has 1 aromatic rings. The van der Waals surface area contributed by atoms with Crippen LogP contribution in [0.4, 0.5) is 17.6 Å². The smallest absolute Gasteiger partial charge is 0.223 e. The second-order valence-corrected chi connectivity index (χ2v) is 8.22. The summed E-state index contributed by atoms with van der Waals surface area (Å²) in [6, 6.07) is 2.54. The van der Waals surface area contributed by atoms with Crippen LogP contribution in [-0.2, 0) is 9.53 Å². The van der Waals surface area contributed by atoms with Crippen molar-refractivity contribution in [2.75, 3.05) is 55.8 Å². The molecule has 3 fully saturated rings. The van der Waals surface area contributed by atoms with E-state index in [1.807, 2.05) is 11.0 Å². The Morgan fingerprint density at radius 3 is 2.96 bits per heavy atom. The number of amides is 1. The Balaban J connectivity index is 1.49. The lowest BCUT2D eigenvalue weighted by Gasteiger charge is -2.48. The second kappa shape index (κ2) is 7.50. The van der Waals surface area contributed by atoms with Crippen molar-refractivity contribution in [1.29, 1.82) is 0 Å². The minimum absolute atomic E-state index is 0.129. The van der Waals surface area contributed by atoms with Gasteiger partial charge in [-0.05, 0) is 32.1 Å². The molecule has 2 aliphatic heterocycles. The number of nitrogens with two attached hydrogens (primary N) is 1. The largest absolute Gasteiger partial charge is 0.383 e. The molecule has 1 unspecified atom stereocenters. The molecule has 27 heavy (non-hydrogen) atoms. The first-order valence-electron chi connectivity index (χ1n) is 10.00. The monoisotopic (exact) mass is 374 g/mol. The van der Waals surface area contributed by atoms with E-state index in [2.05, 4.69) is 20.2 Å². The number of aromatic nitrogens is 2. The van der Waals surface area contributed by atoms with E-state index in [0.717, 1.165) is 50.5 Å². The molecule has 8 heteroatoms. The van der Waals surface area contributed by atoms with Crippen molar-refractivity contribution in [2.45, 2.75) is 44.6 Å². The maximum atomic E-state index is 12.3. The SMILES string of the molecule is COCCN1CC2(CCCN(c3cc(NC4CC4)nc(N)n3)C2)CCC1=O. The van der Waals surface area contributed by atoms with Gasteiger partial charge in [0.25, 0.3) is 0 Å². The summed E-state index contributed by atoms with van der Waals surface area (Å²) in [6.45, 7) is 3.94. The van der Waals surface area contributed by atoms with E-state index in [1.165, 1.54) is 12.8 Å². The second-order valence-electron chi connectivity index (χ2n) is 8.22. The van der Waals surface area contributed by atoms with Crippen molar-refractivity contribution in [3.63, 3.8) is 0 Å². The normalized spacial score (nSPS) is 25.9. The summed E-state index contributed by atoms with van der Waals surface area (Å²) >= 11 is 0. The van der Waals surface area contributed by atoms with E-state index >= 15 is 0 Å². The quantitative estimate of drug-likeness (QED) is 0.778. The number of carbonyl (C=O) groups is 1. The number of piperidine rings is 2. The maximum absolute atomic E-state index is 12.3. The van der Waals surface area contributed by atoms with Crippen LogP contribution >= 0.6 is 0 Å². The third kappa shape index (κ3) is 4.26. The Morgan fingerprint density at radius 1 is 1.33 bits per heavy atom. The molecule has 1 spiro atoms. The van der Waals surface area contributed by atoms with Gasteiger partial charge in [-0.15, -0.1) is 0 Å². The summed E-state index contributed by atoms with van der Waals surface area (Å²) in [7, 11) is 1.68. The first kappa shape index (κ1) is 18.3. The van der Waals surface area contributed by atoms with Crippen molar-refractivity contribution in [3.8, 4) is 0 Å². The van der Waals surface area contributed by atoms with E-state index in [1.54, 1.807) is 7.11 Å². The van der Waals surface area contributed by atoms with Crippen LogP contribution in [0.15, 0.2) is 6.07 Å². The Labute approximate surface area is 160 Å². The molecule has 3 heterocycles. The Morgan fingerprint density at radius 2 is 2.19 bits per heavy atom. The first-order chi connectivity index (χ1) is 13.1. The van der Waals surface area contributed by atoms with Gasteiger partial charge < -0.3 is 25.6 Å². The van der Waals surface area contributed by atoms with Crippen molar-refractivity contribution in [2.24, 2.45) is 5.41 Å². The average molecular weight is 374 g/mol. The molecular weight excluding hydrogens is 344 g/mol. The Hall–Kier alpha value is -2.09. The van der Waals surface area contributed by atoms with Crippen molar-refractivity contribution < 1.29 is 9.53 Å². The summed E-state index contributed by atoms with van der Waals surface area (Å²) in [5, 5.41) is 3.42. The predicted molar refractivity (Wildman–Crippen MR) is 105 cm³/mol. The van der Waals surface area contributed by atoms with Crippen molar-refractivity contribution >= 4 is 23.5 Å². The van der Waals surface area contributed by atoms with Gasteiger partial charge in [0.15, 0.2) is 0 Å². The molecule has 2 saturated heterocycles. The number of carbonyl (C=O) groups excluding carboxylic acids is 1. The summed E-state index contributed by atoms with van der Waals surface area (Å²) in [4.78, 5) is 25.4. The molecule has 0 radical (unpaired) electrons. The number of hydrogen-bond donors (Lipinski definition) is 2. The minimum Gasteiger partial charge on any atom is -0.383 e. The lowest BCUT2D eigenvalue weighted by atomic mass is 9.73. The standard InChI is InChI=1S/C19H30N6O2/c1-27-10-9-25-13-19(7-5-17(25)26)6-2-8-24(12-19)16-11-15(21-14-3-4-14)22-18(20)23-16/h11,14H,2-10,12-13H2,1H3,(H3,20,21,22,23). The minimum atomic E-state index is 0.129. The predicted octanol–water partition coefficient (Wildman–Crippen LogP) is 1.49. The van der Waals surface area contributed by atoms with Crippen LogP contribution in [0.2, 0.25) is 0 Å². The van der Waals surface area contributed by atoms with E-state index < -0.39 is 0 Å². The van der Waals surface area contributed by atoms with Crippen LogP contribution in [0, 0.1) is 5.41 Å². The number of nitrogen functional groups attached to an aromatic ring is 1. The molecule has 3 aliphatic rings. The summed E-state index contributed by atoms with van der Waals surface area (Å²) in [5.41, 5.74) is 6.10. The van der Waals surface area contributed by atoms with Gasteiger partial charge in [0.1, 0.15) is 11.6 Å². The number of rotatable bonds is 6. The van der Waals surface area contributed by atoms with Gasteiger partial charge in [-0.25, -0.2) is 0 Å². The third-order valence-corrected chi connectivity index (χ3v) is 5.96. The number of anilines is 3. The molecule has 148 valence electrons. The highest BCUT2D eigenvalue weighted by molar-refractivity contribution is 5.77. The fraction of sp³-hybridized carbons (Fsp3) is 0.737. The van der Waals surface area contributed by atoms with Gasteiger partial charge in [0, 0.05) is 57.2 Å². The van der Waals surface area contributed by atoms with Crippen molar-refractivity contribution in [1.82, 2.24) is 14.9 Å². The number of hydrogen-bond acceptors (Lipinski definition) is 7. The van der Waals surface area contributed by atoms with Crippen LogP contribution in [0.5, 0.6) is 0 Å². The fourth-order valence-corrected chi connectivity index (χ4v) is 4.37. The average Bonchev–Trinajstić information content (AvgIpc) is 3.46. The van der Waals surface area contributed by atoms with E-state index in [4.69, 9.17) is 10.5 Å². The van der Waals surface area contributed by atoms with Crippen LogP contribution < -0.4 is 16.0 Å². The Bertz CT molecular complexity index is 695. The van der Waals surface area contributed by atoms with Gasteiger partial charge in [0.05, 0.1) is 6.61 Å². The molecule has 1 atom stereocenters. The third-order valence-electron chi connectivity index (χ3n) is 5.96. The van der Waals surface area contributed by atoms with Crippen LogP contribution in [-0.4, -0.2) is 66.7 Å². The molecule has 0 bridgehead atoms. The molecule has 1 amide bonds. The molecule has 8 nitrogen and oxygen atoms in total. The number of nitrogens with zero attached hydrogens (tertiary/aromatic N) is 4. The number of nitrogens with one attached hydrogen (secondary N) is 1. The zero-order chi connectivity index (χ0) is 18.9. The summed E-state index contributed by atoms with van der Waals surface area (Å²) < 4.78 is 5.18. The highest BCUT2D eigenvalue weighted by Crippen LogP contribution is 2.40. The van der Waals surface area contributed by atoms with E-state index in [9.17, 15) is 4.79 Å². The lowest BCUT2D eigenvalue weighted by molar-refractivity contribution is -0.138. The number of ether oxygens (including phenoxy) is 1. The summed E-state index contributed by atoms with van der Waals surface area (Å²) in [5.74, 6) is 2.28. The highest BCUT2D eigenvalue weighted by Gasteiger charge is 2.42. The van der Waals surface area contributed by atoms with E-state index in [-0.39, 0.29) is 11.3 Å². The summed E-state index contributed by atoms with van der Waals surface area (Å²) in [6.07, 6.45) is 6.20. The van der Waals surface area contributed by atoms with Crippen LogP contribution in [0.1, 0.15) is 38.5 Å². The van der Waals surface area contributed by atoms with Crippen molar-refractivity contribution in [3.05, 3.63) is 6.07 Å². The van der Waals surface area contributed by atoms with Gasteiger partial charge >= 0.3 is 0 Å². The maximum Gasteiger partial charge on any atom is 0.223 e. The zero-order valence-electron chi connectivity index (χ0n) is 16.1. The van der Waals surface area contributed by atoms with Gasteiger partial charge in [0.2, 0.25) is 11.9 Å². The topological polar surface area (TPSA) is 96.6 Å². The fourth-order valence-electron chi connectivity index (χ4n) is 4.37. The van der Waals surface area contributed by atoms with Crippen LogP contribution in [0.3, 0.4) is 0 Å². The van der Waals surface area contributed by atoms with Gasteiger partial charge in [-0.1, -0.05) is 0 Å². The Kier molecular flexibility index (Phi) is 5.08. The molecule has 1 aliphatic carbocycles. The lowest BCUT2D eigenvalue weighted by Crippen LogP contribution is -2.54. The molecule has 3 N–H and O–H groups in total. The highest BCUT2D eigenvalue weighted by atomic mass is 16.5. The molecule has 1 saturated carbocycles. The van der Waals surface area contributed by atoms with Gasteiger partial charge in [-0.3, -0.25) is 4.79 Å². The first-order valence-corrected chi connectivity index (χ1v) is 10.00. The molecule has 0 aromatic carbocycles. The molecule has 1 aromatic heterocycles. The molecular formula is C19H30N6O2. The number of likely N-dealkylation sites (tertiary alicyclic amines) is 1. The van der Waals surface area contributed by atoms with Crippen LogP contribution in [0.25, 0.3) is 0 Å². The van der Waals surface area contributed by atoms with Gasteiger partial charge in [-0.2, -0.15) is 9.97 Å².